The molecule has 10 nitrogen and oxygen atoms in total. The minimum atomic E-state index is -1.82. The Labute approximate surface area is 216 Å². The number of benzene rings is 1. The normalized spacial score (nSPS) is 16.2. The molecule has 0 heterocycles. The molecule has 1 aromatic carbocycles. The van der Waals surface area contributed by atoms with Crippen LogP contribution in [0.25, 0.3) is 11.5 Å². The van der Waals surface area contributed by atoms with Crippen molar-refractivity contribution in [2.24, 2.45) is 0 Å². The van der Waals surface area contributed by atoms with Gasteiger partial charge in [-0.1, -0.05) is 79.2 Å². The van der Waals surface area contributed by atoms with E-state index in [0.717, 1.165) is 25.7 Å². The molecule has 1 aliphatic rings. The maximum absolute atomic E-state index is 10.2. The van der Waals surface area contributed by atoms with Crippen molar-refractivity contribution in [1.29, 1.82) is 0 Å². The van der Waals surface area contributed by atoms with E-state index in [1.54, 1.807) is 0 Å². The van der Waals surface area contributed by atoms with Crippen LogP contribution in [0.1, 0.15) is 44.1 Å². The monoisotopic (exact) mass is 689 g/mol. The van der Waals surface area contributed by atoms with Crippen LogP contribution in [0.2, 0.25) is 0 Å². The standard InChI is InChI=1S/C10H12O2.C6H12N2.C2H2Cl2O2.C2H2O4.Pt/c11-10(12)8-4-7-9-5-2-1-3-6-9;7-5-3-1-2-4-6(5)8;2*3-1(4)2(5)6;/h1-3,5-6H,4,7-8H2,(H,11,12);5-8H,1-4H2;1H,(H,5,6);(H,3,4)(H,5,6);/q;-2;;;+2/t;5-,6?;;;/m.1.../s1. The van der Waals surface area contributed by atoms with Gasteiger partial charge in [-0.3, -0.25) is 4.79 Å². The van der Waals surface area contributed by atoms with Crippen LogP contribution in [0, 0.1) is 0 Å². The Balaban J connectivity index is -0.000000379. The average Bonchev–Trinajstić information content (AvgIpc) is 2.72. The Hall–Kier alpha value is -1.71. The predicted octanol–water partition coefficient (Wildman–Crippen LogP) is 4.52. The third-order valence-corrected chi connectivity index (χ3v) is 4.21. The van der Waals surface area contributed by atoms with Crippen LogP contribution in [0.3, 0.4) is 0 Å². The number of hydrogen-bond acceptors (Lipinski definition) is 4. The predicted molar refractivity (Wildman–Crippen MR) is 120 cm³/mol. The number of aryl methyl sites for hydroxylation is 1. The van der Waals surface area contributed by atoms with Crippen LogP contribution >= 0.6 is 23.2 Å². The second-order valence-corrected chi connectivity index (χ2v) is 7.58. The van der Waals surface area contributed by atoms with Crippen LogP contribution in [0.5, 0.6) is 0 Å². The fourth-order valence-electron chi connectivity index (χ4n) is 2.22. The van der Waals surface area contributed by atoms with Crippen LogP contribution in [0.15, 0.2) is 30.3 Å². The molecule has 33 heavy (non-hydrogen) atoms. The van der Waals surface area contributed by atoms with Gasteiger partial charge in [-0.15, -0.1) is 0 Å². The van der Waals surface area contributed by atoms with E-state index in [4.69, 9.17) is 64.7 Å². The van der Waals surface area contributed by atoms with Gasteiger partial charge in [-0.2, -0.15) is 12.1 Å². The topological polar surface area (TPSA) is 197 Å². The molecule has 0 saturated heterocycles. The van der Waals surface area contributed by atoms with Gasteiger partial charge in [0, 0.05) is 6.42 Å². The third kappa shape index (κ3) is 24.8. The molecule has 2 rings (SSSR count). The summed E-state index contributed by atoms with van der Waals surface area (Å²) >= 11 is 9.56. The number of rotatable bonds is 5. The molecule has 13 heteroatoms. The largest absolute Gasteiger partial charge is 2.00 e. The number of carboxylic acids is 4. The number of alkyl halides is 2. The third-order valence-electron chi connectivity index (χ3n) is 3.83. The number of aliphatic carboxylic acids is 4. The van der Waals surface area contributed by atoms with E-state index in [9.17, 15) is 9.59 Å². The first-order valence-corrected chi connectivity index (χ1v) is 10.4. The van der Waals surface area contributed by atoms with Gasteiger partial charge >= 0.3 is 44.9 Å². The number of carbonyl (C=O) groups is 4. The van der Waals surface area contributed by atoms with E-state index in [1.165, 1.54) is 18.4 Å². The van der Waals surface area contributed by atoms with Crippen LogP contribution in [-0.2, 0) is 46.7 Å². The van der Waals surface area contributed by atoms with Crippen LogP contribution in [0.4, 0.5) is 0 Å². The molecule has 1 fully saturated rings. The molecular weight excluding hydrogens is 662 g/mol. The second-order valence-electron chi connectivity index (χ2n) is 6.48. The smallest absolute Gasteiger partial charge is 0.676 e. The summed E-state index contributed by atoms with van der Waals surface area (Å²) in [4.78, 5) is 36.5. The number of halogens is 2. The molecule has 0 aromatic heterocycles. The molecule has 6 N–H and O–H groups in total. The average molecular weight is 690 g/mol. The zero-order chi connectivity index (χ0) is 25.1. The summed E-state index contributed by atoms with van der Waals surface area (Å²) in [7, 11) is 0. The number of nitrogens with one attached hydrogen (secondary N) is 2. The first-order valence-electron chi connectivity index (χ1n) is 9.53. The fraction of sp³-hybridized carbons (Fsp3) is 0.500. The molecule has 1 aliphatic carbocycles. The van der Waals surface area contributed by atoms with Gasteiger partial charge < -0.3 is 31.9 Å². The molecule has 1 aromatic rings. The minimum Gasteiger partial charge on any atom is -0.676 e. The Morgan fingerprint density at radius 1 is 0.879 bits per heavy atom. The molecule has 1 unspecified atom stereocenters. The van der Waals surface area contributed by atoms with Crippen molar-refractivity contribution < 1.29 is 60.7 Å². The van der Waals surface area contributed by atoms with Crippen molar-refractivity contribution >= 4 is 47.1 Å². The Morgan fingerprint density at radius 2 is 1.27 bits per heavy atom. The molecule has 0 spiro atoms. The summed E-state index contributed by atoms with van der Waals surface area (Å²) in [6.07, 6.45) is 6.08. The fourth-order valence-corrected chi connectivity index (χ4v) is 2.22. The van der Waals surface area contributed by atoms with Crippen molar-refractivity contribution in [3.05, 3.63) is 47.4 Å². The van der Waals surface area contributed by atoms with E-state index >= 15 is 0 Å². The van der Waals surface area contributed by atoms with Gasteiger partial charge in [0.2, 0.25) is 4.84 Å². The van der Waals surface area contributed by atoms with Crippen LogP contribution in [-0.4, -0.2) is 61.2 Å². The quantitative estimate of drug-likeness (QED) is 0.255. The molecule has 0 bridgehead atoms. The van der Waals surface area contributed by atoms with E-state index in [1.807, 2.05) is 30.3 Å². The molecular formula is C20H28Cl2N2O8Pt. The first kappa shape index (κ1) is 35.9. The zero-order valence-corrected chi connectivity index (χ0v) is 21.3. The minimum absolute atomic E-state index is 0. The summed E-state index contributed by atoms with van der Waals surface area (Å²) in [5, 5.41) is 30.9. The Kier molecular flexibility index (Phi) is 24.0. The molecule has 0 amide bonds. The van der Waals surface area contributed by atoms with Crippen molar-refractivity contribution in [3.8, 4) is 0 Å². The van der Waals surface area contributed by atoms with Gasteiger partial charge in [0.15, 0.2) is 0 Å². The van der Waals surface area contributed by atoms with Crippen LogP contribution < -0.4 is 0 Å². The summed E-state index contributed by atoms with van der Waals surface area (Å²) < 4.78 is 0. The summed E-state index contributed by atoms with van der Waals surface area (Å²) in [5.41, 5.74) is 15.8. The SMILES string of the molecule is O=C(O)C(=O)O.O=C(O)C(Cl)Cl.O=C(O)CCCc1ccccc1.[NH-]C1CCCC[C@H]1[NH-].[Pt+2]. The van der Waals surface area contributed by atoms with Crippen molar-refractivity contribution in [2.75, 3.05) is 0 Å². The van der Waals surface area contributed by atoms with Gasteiger partial charge in [0.1, 0.15) is 0 Å². The van der Waals surface area contributed by atoms with E-state index < -0.39 is 28.7 Å². The number of hydrogen-bond donors (Lipinski definition) is 4. The van der Waals surface area contributed by atoms with Gasteiger partial charge in [0.25, 0.3) is 0 Å². The Bertz CT molecular complexity index is 674. The summed E-state index contributed by atoms with van der Waals surface area (Å²) in [5.74, 6) is -5.57. The zero-order valence-electron chi connectivity index (χ0n) is 17.6. The van der Waals surface area contributed by atoms with E-state index in [2.05, 4.69) is 0 Å². The van der Waals surface area contributed by atoms with Gasteiger partial charge in [0.05, 0.1) is 0 Å². The Morgan fingerprint density at radius 3 is 1.55 bits per heavy atom. The maximum Gasteiger partial charge on any atom is 2.00 e. The molecule has 2 atom stereocenters. The molecule has 0 aliphatic heterocycles. The number of carboxylic acid groups (broad SMARTS) is 4. The maximum atomic E-state index is 10.2. The molecule has 190 valence electrons. The summed E-state index contributed by atoms with van der Waals surface area (Å²) in [6, 6.07) is 9.77. The molecule has 1 saturated carbocycles. The summed E-state index contributed by atoms with van der Waals surface area (Å²) in [6.45, 7) is 0. The van der Waals surface area contributed by atoms with Gasteiger partial charge in [-0.25, -0.2) is 14.4 Å². The van der Waals surface area contributed by atoms with Crippen molar-refractivity contribution in [1.82, 2.24) is 0 Å². The van der Waals surface area contributed by atoms with E-state index in [-0.39, 0.29) is 39.6 Å². The van der Waals surface area contributed by atoms with E-state index in [0.29, 0.717) is 0 Å². The second kappa shape index (κ2) is 22.1. The van der Waals surface area contributed by atoms with Crippen molar-refractivity contribution in [3.63, 3.8) is 0 Å². The first-order chi connectivity index (χ1) is 14.9. The van der Waals surface area contributed by atoms with Gasteiger partial charge in [-0.05, 0) is 18.4 Å². The molecule has 0 radical (unpaired) electrons. The van der Waals surface area contributed by atoms with Crippen molar-refractivity contribution in [2.45, 2.75) is 61.9 Å².